The average molecular weight is 212 g/mol. The molecule has 7 heteroatoms. The lowest BCUT2D eigenvalue weighted by Gasteiger charge is -2.43. The standard InChI is InChI=1S/C6H12O6S/c7-1-2-3(8)4(9)6(10,11)5(13)12-2/h2-5,7-11,13H,1H2/t2?,3-,4+,5+/m1/s1. The summed E-state index contributed by atoms with van der Waals surface area (Å²) in [7, 11) is 0. The van der Waals surface area contributed by atoms with Crippen LogP contribution in [0.25, 0.3) is 0 Å². The molecule has 13 heavy (non-hydrogen) atoms. The van der Waals surface area contributed by atoms with Crippen LogP contribution < -0.4 is 0 Å². The number of hydrogen-bond acceptors (Lipinski definition) is 7. The third kappa shape index (κ3) is 1.82. The Bertz CT molecular complexity index is 186. The highest BCUT2D eigenvalue weighted by atomic mass is 32.1. The third-order valence-corrected chi connectivity index (χ3v) is 2.49. The van der Waals surface area contributed by atoms with E-state index in [2.05, 4.69) is 12.6 Å². The highest BCUT2D eigenvalue weighted by molar-refractivity contribution is 7.80. The van der Waals surface area contributed by atoms with Gasteiger partial charge in [-0.2, -0.15) is 0 Å². The summed E-state index contributed by atoms with van der Waals surface area (Å²) in [6, 6.07) is 0. The molecule has 6 nitrogen and oxygen atoms in total. The summed E-state index contributed by atoms with van der Waals surface area (Å²) in [5, 5.41) is 45.4. The molecule has 1 saturated heterocycles. The van der Waals surface area contributed by atoms with Gasteiger partial charge >= 0.3 is 0 Å². The zero-order chi connectivity index (χ0) is 10.2. The van der Waals surface area contributed by atoms with E-state index in [-0.39, 0.29) is 0 Å². The van der Waals surface area contributed by atoms with Crippen LogP contribution in [0.1, 0.15) is 0 Å². The normalized spacial score (nSPS) is 44.8. The van der Waals surface area contributed by atoms with Crippen molar-refractivity contribution in [3.05, 3.63) is 0 Å². The smallest absolute Gasteiger partial charge is 0.228 e. The zero-order valence-electron chi connectivity index (χ0n) is 6.61. The fraction of sp³-hybridized carbons (Fsp3) is 1.00. The second-order valence-electron chi connectivity index (χ2n) is 2.93. The number of rotatable bonds is 1. The van der Waals surface area contributed by atoms with E-state index < -0.39 is 36.1 Å². The van der Waals surface area contributed by atoms with Gasteiger partial charge < -0.3 is 30.3 Å². The van der Waals surface area contributed by atoms with Crippen molar-refractivity contribution < 1.29 is 30.3 Å². The lowest BCUT2D eigenvalue weighted by atomic mass is 9.97. The summed E-state index contributed by atoms with van der Waals surface area (Å²) in [6.45, 7) is -0.536. The topological polar surface area (TPSA) is 110 Å². The van der Waals surface area contributed by atoms with E-state index in [1.54, 1.807) is 0 Å². The van der Waals surface area contributed by atoms with Gasteiger partial charge in [-0.1, -0.05) is 0 Å². The molecule has 5 N–H and O–H groups in total. The predicted molar refractivity (Wildman–Crippen MR) is 43.9 cm³/mol. The largest absolute Gasteiger partial charge is 0.394 e. The van der Waals surface area contributed by atoms with Gasteiger partial charge in [0.1, 0.15) is 18.3 Å². The molecule has 0 spiro atoms. The molecule has 1 unspecified atom stereocenters. The summed E-state index contributed by atoms with van der Waals surface area (Å²) >= 11 is 3.65. The third-order valence-electron chi connectivity index (χ3n) is 1.99. The van der Waals surface area contributed by atoms with E-state index in [0.717, 1.165) is 0 Å². The van der Waals surface area contributed by atoms with Gasteiger partial charge in [0.05, 0.1) is 6.61 Å². The molecule has 1 heterocycles. The molecule has 1 rings (SSSR count). The van der Waals surface area contributed by atoms with Crippen molar-refractivity contribution in [1.29, 1.82) is 0 Å². The van der Waals surface area contributed by atoms with E-state index >= 15 is 0 Å². The van der Waals surface area contributed by atoms with Crippen molar-refractivity contribution in [3.63, 3.8) is 0 Å². The Morgan fingerprint density at radius 2 is 1.85 bits per heavy atom. The zero-order valence-corrected chi connectivity index (χ0v) is 7.50. The molecule has 0 aromatic rings. The molecule has 0 aromatic heterocycles. The van der Waals surface area contributed by atoms with Crippen LogP contribution in [-0.2, 0) is 4.74 Å². The first-order valence-corrected chi connectivity index (χ1v) is 4.18. The number of aliphatic hydroxyl groups is 5. The Morgan fingerprint density at radius 3 is 2.31 bits per heavy atom. The van der Waals surface area contributed by atoms with Crippen molar-refractivity contribution in [2.75, 3.05) is 6.61 Å². The monoisotopic (exact) mass is 212 g/mol. The molecule has 78 valence electrons. The summed E-state index contributed by atoms with van der Waals surface area (Å²) < 4.78 is 4.74. The van der Waals surface area contributed by atoms with Gasteiger partial charge in [-0.15, -0.1) is 12.6 Å². The van der Waals surface area contributed by atoms with E-state index in [0.29, 0.717) is 0 Å². The van der Waals surface area contributed by atoms with Crippen molar-refractivity contribution in [1.82, 2.24) is 0 Å². The van der Waals surface area contributed by atoms with Crippen LogP contribution in [0.4, 0.5) is 0 Å². The molecule has 0 amide bonds. The maximum Gasteiger partial charge on any atom is 0.228 e. The van der Waals surface area contributed by atoms with Crippen LogP contribution >= 0.6 is 12.6 Å². The lowest BCUT2D eigenvalue weighted by molar-refractivity contribution is -0.329. The second-order valence-corrected chi connectivity index (χ2v) is 3.40. The maximum absolute atomic E-state index is 9.20. The minimum Gasteiger partial charge on any atom is -0.394 e. The molecule has 0 aliphatic carbocycles. The SMILES string of the molecule is OCC1O[C@@H](S)C(O)(O)[C@@H](O)[C@@H]1O. The molecular formula is C6H12O6S. The second kappa shape index (κ2) is 3.70. The summed E-state index contributed by atoms with van der Waals surface area (Å²) in [5.74, 6) is -2.62. The minimum atomic E-state index is -2.62. The van der Waals surface area contributed by atoms with Crippen LogP contribution in [-0.4, -0.2) is 61.7 Å². The molecule has 1 aliphatic rings. The van der Waals surface area contributed by atoms with E-state index in [1.165, 1.54) is 0 Å². The van der Waals surface area contributed by atoms with Gasteiger partial charge in [0.25, 0.3) is 0 Å². The van der Waals surface area contributed by atoms with Crippen molar-refractivity contribution in [2.24, 2.45) is 0 Å². The molecule has 1 fully saturated rings. The molecule has 0 radical (unpaired) electrons. The Kier molecular flexibility index (Phi) is 3.18. The summed E-state index contributed by atoms with van der Waals surface area (Å²) in [5.41, 5.74) is -1.37. The highest BCUT2D eigenvalue weighted by Crippen LogP contribution is 2.29. The molecule has 4 atom stereocenters. The Labute approximate surface area is 79.8 Å². The van der Waals surface area contributed by atoms with Gasteiger partial charge in [-0.25, -0.2) is 0 Å². The van der Waals surface area contributed by atoms with Crippen LogP contribution in [0.15, 0.2) is 0 Å². The first kappa shape index (κ1) is 11.2. The van der Waals surface area contributed by atoms with Crippen LogP contribution in [0, 0.1) is 0 Å². The maximum atomic E-state index is 9.20. The van der Waals surface area contributed by atoms with Crippen molar-refractivity contribution in [3.8, 4) is 0 Å². The van der Waals surface area contributed by atoms with Gasteiger partial charge in [-0.3, -0.25) is 0 Å². The van der Waals surface area contributed by atoms with Crippen molar-refractivity contribution in [2.45, 2.75) is 29.5 Å². The summed E-state index contributed by atoms with van der Waals surface area (Å²) in [4.78, 5) is 0. The first-order chi connectivity index (χ1) is 5.91. The van der Waals surface area contributed by atoms with Crippen LogP contribution in [0.3, 0.4) is 0 Å². The number of hydrogen-bond donors (Lipinski definition) is 6. The molecular weight excluding hydrogens is 200 g/mol. The Morgan fingerprint density at radius 1 is 1.31 bits per heavy atom. The molecule has 1 aliphatic heterocycles. The first-order valence-electron chi connectivity index (χ1n) is 3.66. The van der Waals surface area contributed by atoms with E-state index in [9.17, 15) is 10.2 Å². The summed E-state index contributed by atoms with van der Waals surface area (Å²) in [6.07, 6.45) is -4.44. The molecule has 0 aromatic carbocycles. The van der Waals surface area contributed by atoms with Crippen LogP contribution in [0.2, 0.25) is 0 Å². The van der Waals surface area contributed by atoms with Crippen molar-refractivity contribution >= 4 is 12.6 Å². The average Bonchev–Trinajstić information content (AvgIpc) is 2.09. The highest BCUT2D eigenvalue weighted by Gasteiger charge is 2.52. The van der Waals surface area contributed by atoms with Gasteiger partial charge in [0.2, 0.25) is 5.79 Å². The fourth-order valence-corrected chi connectivity index (χ4v) is 1.41. The minimum absolute atomic E-state index is 0.536. The molecule has 0 bridgehead atoms. The van der Waals surface area contributed by atoms with Gasteiger partial charge in [0, 0.05) is 0 Å². The van der Waals surface area contributed by atoms with E-state index in [1.807, 2.05) is 0 Å². The van der Waals surface area contributed by atoms with Gasteiger partial charge in [-0.05, 0) is 0 Å². The predicted octanol–water partition coefficient (Wildman–Crippen LogP) is -2.96. The van der Waals surface area contributed by atoms with Gasteiger partial charge in [0.15, 0.2) is 5.44 Å². The Balaban J connectivity index is 2.79. The Hall–Kier alpha value is 0.110. The molecule has 0 saturated carbocycles. The lowest BCUT2D eigenvalue weighted by Crippen LogP contribution is -2.65. The quantitative estimate of drug-likeness (QED) is 0.205. The number of aliphatic hydroxyl groups excluding tert-OH is 3. The van der Waals surface area contributed by atoms with E-state index in [4.69, 9.17) is 20.1 Å². The van der Waals surface area contributed by atoms with Crippen LogP contribution in [0.5, 0.6) is 0 Å². The number of thiol groups is 1. The number of ether oxygens (including phenoxy) is 1. The fourth-order valence-electron chi connectivity index (χ4n) is 1.10.